The average molecular weight is 258 g/mol. The summed E-state index contributed by atoms with van der Waals surface area (Å²) in [6.07, 6.45) is 0. The van der Waals surface area contributed by atoms with Gasteiger partial charge in [-0.15, -0.1) is 0 Å². The lowest BCUT2D eigenvalue weighted by molar-refractivity contribution is -0.384. The Kier molecular flexibility index (Phi) is 4.72. The second kappa shape index (κ2) is 5.84. The van der Waals surface area contributed by atoms with Gasteiger partial charge < -0.3 is 9.80 Å². The molecule has 0 heterocycles. The van der Waals surface area contributed by atoms with Crippen LogP contribution in [-0.2, 0) is 0 Å². The first-order chi connectivity index (χ1) is 7.91. The van der Waals surface area contributed by atoms with Gasteiger partial charge in [0, 0.05) is 32.3 Å². The van der Waals surface area contributed by atoms with E-state index in [1.54, 1.807) is 6.07 Å². The second-order valence-corrected chi connectivity index (χ2v) is 4.52. The Morgan fingerprint density at radius 3 is 2.41 bits per heavy atom. The number of likely N-dealkylation sites (N-methyl/N-ethyl adjacent to an activating group) is 2. The topological polar surface area (TPSA) is 49.6 Å². The van der Waals surface area contributed by atoms with Crippen molar-refractivity contribution in [3.8, 4) is 0 Å². The third-order valence-corrected chi connectivity index (χ3v) is 2.74. The lowest BCUT2D eigenvalue weighted by Gasteiger charge is -2.22. The van der Waals surface area contributed by atoms with Crippen LogP contribution in [0.2, 0.25) is 5.02 Å². The fourth-order valence-electron chi connectivity index (χ4n) is 1.39. The predicted octanol–water partition coefficient (Wildman–Crippen LogP) is 2.25. The Hall–Kier alpha value is -1.33. The average Bonchev–Trinajstić information content (AvgIpc) is 2.25. The quantitative estimate of drug-likeness (QED) is 0.600. The first kappa shape index (κ1) is 13.7. The molecule has 0 amide bonds. The van der Waals surface area contributed by atoms with E-state index < -0.39 is 4.92 Å². The van der Waals surface area contributed by atoms with Gasteiger partial charge in [-0.25, -0.2) is 0 Å². The van der Waals surface area contributed by atoms with E-state index in [1.165, 1.54) is 12.1 Å². The summed E-state index contributed by atoms with van der Waals surface area (Å²) in [7, 11) is 5.90. The minimum Gasteiger partial charge on any atom is -0.372 e. The van der Waals surface area contributed by atoms with Crippen LogP contribution in [0.1, 0.15) is 0 Å². The van der Waals surface area contributed by atoms with Gasteiger partial charge in [0.1, 0.15) is 0 Å². The summed E-state index contributed by atoms with van der Waals surface area (Å²) in [6.45, 7) is 1.70. The minimum absolute atomic E-state index is 0.0137. The van der Waals surface area contributed by atoms with Crippen LogP contribution >= 0.6 is 11.6 Å². The van der Waals surface area contributed by atoms with E-state index in [0.29, 0.717) is 5.02 Å². The van der Waals surface area contributed by atoms with E-state index in [1.807, 2.05) is 26.0 Å². The number of hydrogen-bond donors (Lipinski definition) is 0. The van der Waals surface area contributed by atoms with Gasteiger partial charge in [-0.2, -0.15) is 0 Å². The highest BCUT2D eigenvalue weighted by Gasteiger charge is 2.12. The van der Waals surface area contributed by atoms with Crippen molar-refractivity contribution in [2.24, 2.45) is 0 Å². The lowest BCUT2D eigenvalue weighted by atomic mass is 10.2. The number of nitro groups is 1. The van der Waals surface area contributed by atoms with E-state index in [2.05, 4.69) is 4.90 Å². The Morgan fingerprint density at radius 2 is 1.94 bits per heavy atom. The molecule has 0 N–H and O–H groups in total. The van der Waals surface area contributed by atoms with Crippen molar-refractivity contribution in [2.45, 2.75) is 0 Å². The van der Waals surface area contributed by atoms with Crippen LogP contribution in [0.3, 0.4) is 0 Å². The summed E-state index contributed by atoms with van der Waals surface area (Å²) in [5, 5.41) is 11.0. The maximum Gasteiger partial charge on any atom is 0.271 e. The molecule has 0 aromatic heterocycles. The fraction of sp³-hybridized carbons (Fsp3) is 0.455. The van der Waals surface area contributed by atoms with Gasteiger partial charge in [0.25, 0.3) is 5.69 Å². The third kappa shape index (κ3) is 3.87. The molecule has 1 rings (SSSR count). The van der Waals surface area contributed by atoms with Crippen LogP contribution in [0, 0.1) is 10.1 Å². The largest absolute Gasteiger partial charge is 0.372 e. The highest BCUT2D eigenvalue weighted by Crippen LogP contribution is 2.28. The van der Waals surface area contributed by atoms with Crippen LogP contribution in [0.25, 0.3) is 0 Å². The van der Waals surface area contributed by atoms with Crippen molar-refractivity contribution in [3.63, 3.8) is 0 Å². The van der Waals surface area contributed by atoms with Crippen molar-refractivity contribution >= 4 is 23.0 Å². The summed E-state index contributed by atoms with van der Waals surface area (Å²) in [6, 6.07) is 4.52. The summed E-state index contributed by atoms with van der Waals surface area (Å²) in [4.78, 5) is 14.2. The molecule has 0 aliphatic rings. The highest BCUT2D eigenvalue weighted by molar-refractivity contribution is 6.33. The SMILES string of the molecule is CN(C)CCN(C)c1ccc([N+](=O)[O-])cc1Cl. The van der Waals surface area contributed by atoms with Crippen molar-refractivity contribution in [1.29, 1.82) is 0 Å². The predicted molar refractivity (Wildman–Crippen MR) is 69.9 cm³/mol. The van der Waals surface area contributed by atoms with E-state index in [0.717, 1.165) is 18.8 Å². The molecule has 0 bridgehead atoms. The first-order valence-corrected chi connectivity index (χ1v) is 5.59. The highest BCUT2D eigenvalue weighted by atomic mass is 35.5. The van der Waals surface area contributed by atoms with E-state index in [4.69, 9.17) is 11.6 Å². The molecule has 0 fully saturated rings. The van der Waals surface area contributed by atoms with Crippen LogP contribution in [0.15, 0.2) is 18.2 Å². The summed E-state index contributed by atoms with van der Waals surface area (Å²) in [5.41, 5.74) is 0.818. The van der Waals surface area contributed by atoms with E-state index >= 15 is 0 Å². The molecule has 0 saturated carbocycles. The number of nitro benzene ring substituents is 1. The zero-order valence-corrected chi connectivity index (χ0v) is 10.9. The van der Waals surface area contributed by atoms with Gasteiger partial charge in [0.15, 0.2) is 0 Å². The van der Waals surface area contributed by atoms with Crippen LogP contribution in [-0.4, -0.2) is 44.1 Å². The monoisotopic (exact) mass is 257 g/mol. The van der Waals surface area contributed by atoms with E-state index in [-0.39, 0.29) is 5.69 Å². The molecular formula is C11H16ClN3O2. The number of hydrogen-bond acceptors (Lipinski definition) is 4. The molecule has 1 aromatic rings. The summed E-state index contributed by atoms with van der Waals surface area (Å²) < 4.78 is 0. The molecule has 5 nitrogen and oxygen atoms in total. The fourth-order valence-corrected chi connectivity index (χ4v) is 1.71. The molecule has 0 aliphatic carbocycles. The van der Waals surface area contributed by atoms with Gasteiger partial charge in [-0.05, 0) is 20.2 Å². The lowest BCUT2D eigenvalue weighted by Crippen LogP contribution is -2.28. The van der Waals surface area contributed by atoms with Crippen LogP contribution in [0.4, 0.5) is 11.4 Å². The molecule has 0 atom stereocenters. The van der Waals surface area contributed by atoms with Crippen molar-refractivity contribution in [1.82, 2.24) is 4.90 Å². The Bertz CT molecular complexity index is 410. The Balaban J connectivity index is 2.81. The van der Waals surface area contributed by atoms with Crippen LogP contribution < -0.4 is 4.90 Å². The van der Waals surface area contributed by atoms with Crippen molar-refractivity contribution in [3.05, 3.63) is 33.3 Å². The number of rotatable bonds is 5. The molecular weight excluding hydrogens is 242 g/mol. The molecule has 0 saturated heterocycles. The molecule has 17 heavy (non-hydrogen) atoms. The van der Waals surface area contributed by atoms with Gasteiger partial charge in [0.05, 0.1) is 15.6 Å². The zero-order chi connectivity index (χ0) is 13.0. The molecule has 0 aliphatic heterocycles. The van der Waals surface area contributed by atoms with Gasteiger partial charge in [0.2, 0.25) is 0 Å². The number of anilines is 1. The molecule has 1 aromatic carbocycles. The smallest absolute Gasteiger partial charge is 0.271 e. The zero-order valence-electron chi connectivity index (χ0n) is 10.2. The van der Waals surface area contributed by atoms with Gasteiger partial charge in [-0.3, -0.25) is 10.1 Å². The number of non-ortho nitro benzene ring substituents is 1. The second-order valence-electron chi connectivity index (χ2n) is 4.12. The summed E-state index contributed by atoms with van der Waals surface area (Å²) >= 11 is 6.02. The van der Waals surface area contributed by atoms with Gasteiger partial charge in [-0.1, -0.05) is 11.6 Å². The van der Waals surface area contributed by atoms with E-state index in [9.17, 15) is 10.1 Å². The minimum atomic E-state index is -0.449. The maximum atomic E-state index is 10.6. The van der Waals surface area contributed by atoms with Crippen molar-refractivity contribution in [2.75, 3.05) is 39.1 Å². The van der Waals surface area contributed by atoms with Crippen LogP contribution in [0.5, 0.6) is 0 Å². The van der Waals surface area contributed by atoms with Gasteiger partial charge >= 0.3 is 0 Å². The molecule has 94 valence electrons. The molecule has 0 unspecified atom stereocenters. The first-order valence-electron chi connectivity index (χ1n) is 5.21. The molecule has 0 spiro atoms. The number of halogens is 1. The Labute approximate surface area is 106 Å². The third-order valence-electron chi connectivity index (χ3n) is 2.44. The Morgan fingerprint density at radius 1 is 1.29 bits per heavy atom. The standard InChI is InChI=1S/C11H16ClN3O2/c1-13(2)6-7-14(3)11-5-4-9(15(16)17)8-10(11)12/h4-5,8H,6-7H2,1-3H3. The molecule has 6 heteroatoms. The van der Waals surface area contributed by atoms with Crippen molar-refractivity contribution < 1.29 is 4.92 Å². The number of nitrogens with zero attached hydrogens (tertiary/aromatic N) is 3. The molecule has 0 radical (unpaired) electrons. The number of benzene rings is 1. The normalized spacial score (nSPS) is 10.6. The summed E-state index contributed by atoms with van der Waals surface area (Å²) in [5.74, 6) is 0. The maximum absolute atomic E-state index is 10.6.